The van der Waals surface area contributed by atoms with Crippen LogP contribution in [0.4, 0.5) is 13.2 Å². The molecule has 0 bridgehead atoms. The van der Waals surface area contributed by atoms with Gasteiger partial charge in [-0.25, -0.2) is 0 Å². The van der Waals surface area contributed by atoms with Crippen LogP contribution in [0.15, 0.2) is 0 Å². The normalized spacial score (nSPS) is 12.1. The second-order valence-corrected chi connectivity index (χ2v) is 3.37. The molecule has 0 radical (unpaired) electrons. The van der Waals surface area contributed by atoms with Crippen molar-refractivity contribution >= 4 is 34.7 Å². The van der Waals surface area contributed by atoms with Crippen molar-refractivity contribution in [2.24, 2.45) is 0 Å². The molecule has 1 aromatic heterocycles. The number of hydrogen-bond donors (Lipinski definition) is 0. The van der Waals surface area contributed by atoms with Gasteiger partial charge in [0.15, 0.2) is 5.69 Å². The minimum Gasteiger partial charge on any atom is -0.185 e. The first-order chi connectivity index (χ1) is 4.93. The van der Waals surface area contributed by atoms with Crippen LogP contribution in [-0.4, -0.2) is 4.37 Å². The molecule has 11 heavy (non-hydrogen) atoms. The molecule has 0 saturated heterocycles. The van der Waals surface area contributed by atoms with Gasteiger partial charge in [0.1, 0.15) is 9.36 Å². The van der Waals surface area contributed by atoms with Crippen LogP contribution in [0.2, 0.25) is 9.36 Å². The topological polar surface area (TPSA) is 12.9 Å². The fourth-order valence-electron chi connectivity index (χ4n) is 0.435. The number of halogens is 5. The van der Waals surface area contributed by atoms with Crippen LogP contribution < -0.4 is 0 Å². The molecule has 1 nitrogen and oxygen atoms in total. The summed E-state index contributed by atoms with van der Waals surface area (Å²) in [7, 11) is 0. The van der Waals surface area contributed by atoms with Gasteiger partial charge in [-0.15, -0.1) is 0 Å². The molecule has 1 heterocycles. The largest absolute Gasteiger partial charge is 0.435 e. The first-order valence-electron chi connectivity index (χ1n) is 2.31. The molecule has 0 unspecified atom stereocenters. The first kappa shape index (κ1) is 9.09. The molecular weight excluding hydrogens is 222 g/mol. The molecule has 7 heteroatoms. The van der Waals surface area contributed by atoms with Gasteiger partial charge in [-0.2, -0.15) is 17.5 Å². The molecule has 0 aliphatic rings. The van der Waals surface area contributed by atoms with E-state index in [2.05, 4.69) is 4.37 Å². The van der Waals surface area contributed by atoms with E-state index in [1.165, 1.54) is 0 Å². The van der Waals surface area contributed by atoms with Crippen LogP contribution in [0.1, 0.15) is 5.69 Å². The van der Waals surface area contributed by atoms with E-state index in [-0.39, 0.29) is 4.34 Å². The smallest absolute Gasteiger partial charge is 0.185 e. The fourth-order valence-corrected chi connectivity index (χ4v) is 1.47. The molecule has 0 spiro atoms. The molecule has 0 aliphatic heterocycles. The van der Waals surface area contributed by atoms with Gasteiger partial charge in [0.25, 0.3) is 0 Å². The molecule has 0 atom stereocenters. The number of aromatic nitrogens is 1. The summed E-state index contributed by atoms with van der Waals surface area (Å²) < 4.78 is 38.5. The zero-order chi connectivity index (χ0) is 8.65. The fraction of sp³-hybridized carbons (Fsp3) is 0.250. The van der Waals surface area contributed by atoms with E-state index in [0.29, 0.717) is 11.5 Å². The van der Waals surface area contributed by atoms with E-state index >= 15 is 0 Å². The van der Waals surface area contributed by atoms with E-state index < -0.39 is 16.9 Å². The van der Waals surface area contributed by atoms with Crippen LogP contribution in [-0.2, 0) is 6.18 Å². The summed E-state index contributed by atoms with van der Waals surface area (Å²) in [6, 6.07) is 0. The Balaban J connectivity index is 3.15. The number of nitrogens with zero attached hydrogens (tertiary/aromatic N) is 1. The molecule has 0 amide bonds. The van der Waals surface area contributed by atoms with Gasteiger partial charge in [0.05, 0.1) is 0 Å². The van der Waals surface area contributed by atoms with E-state index in [1.807, 2.05) is 0 Å². The van der Waals surface area contributed by atoms with Crippen molar-refractivity contribution in [1.82, 2.24) is 4.37 Å². The summed E-state index contributed by atoms with van der Waals surface area (Å²) in [5.74, 6) is 0. The summed E-state index contributed by atoms with van der Waals surface area (Å²) in [5.41, 5.74) is -1.12. The highest BCUT2D eigenvalue weighted by Crippen LogP contribution is 2.39. The summed E-state index contributed by atoms with van der Waals surface area (Å²) in [6.45, 7) is 0. The van der Waals surface area contributed by atoms with Crippen molar-refractivity contribution < 1.29 is 13.2 Å². The average molecular weight is 222 g/mol. The highest BCUT2D eigenvalue weighted by molar-refractivity contribution is 7.11. The summed E-state index contributed by atoms with van der Waals surface area (Å²) >= 11 is 11.0. The van der Waals surface area contributed by atoms with Gasteiger partial charge >= 0.3 is 6.18 Å². The van der Waals surface area contributed by atoms with E-state index in [1.54, 1.807) is 0 Å². The molecule has 0 saturated carbocycles. The molecule has 0 aromatic carbocycles. The van der Waals surface area contributed by atoms with Crippen molar-refractivity contribution in [3.05, 3.63) is 15.1 Å². The minimum atomic E-state index is -4.51. The van der Waals surface area contributed by atoms with E-state index in [0.717, 1.165) is 0 Å². The lowest BCUT2D eigenvalue weighted by Gasteiger charge is -2.00. The van der Waals surface area contributed by atoms with Crippen molar-refractivity contribution in [2.45, 2.75) is 6.18 Å². The third-order valence-corrected chi connectivity index (χ3v) is 2.48. The highest BCUT2D eigenvalue weighted by Gasteiger charge is 2.37. The average Bonchev–Trinajstić information content (AvgIpc) is 2.11. The Morgan fingerprint density at radius 2 is 1.82 bits per heavy atom. The van der Waals surface area contributed by atoms with Crippen molar-refractivity contribution in [3.63, 3.8) is 0 Å². The monoisotopic (exact) mass is 221 g/mol. The van der Waals surface area contributed by atoms with Crippen molar-refractivity contribution in [3.8, 4) is 0 Å². The van der Waals surface area contributed by atoms with Gasteiger partial charge in [-0.05, 0) is 11.5 Å². The maximum absolute atomic E-state index is 11.9. The Morgan fingerprint density at radius 1 is 1.27 bits per heavy atom. The zero-order valence-corrected chi connectivity index (χ0v) is 7.07. The third kappa shape index (κ3) is 1.77. The first-order valence-corrected chi connectivity index (χ1v) is 3.83. The predicted octanol–water partition coefficient (Wildman–Crippen LogP) is 3.47. The lowest BCUT2D eigenvalue weighted by Crippen LogP contribution is -2.05. The summed E-state index contributed by atoms with van der Waals surface area (Å²) in [6.07, 6.45) is -4.51. The Hall–Kier alpha value is -0.000000000000000111. The van der Waals surface area contributed by atoms with Crippen LogP contribution in [0.5, 0.6) is 0 Å². The quantitative estimate of drug-likeness (QED) is 0.654. The lowest BCUT2D eigenvalue weighted by atomic mass is 10.4. The zero-order valence-electron chi connectivity index (χ0n) is 4.75. The second-order valence-electron chi connectivity index (χ2n) is 1.62. The van der Waals surface area contributed by atoms with Gasteiger partial charge < -0.3 is 0 Å². The molecule has 0 aliphatic carbocycles. The summed E-state index contributed by atoms with van der Waals surface area (Å²) in [4.78, 5) is 0. The van der Waals surface area contributed by atoms with E-state index in [4.69, 9.17) is 23.2 Å². The Morgan fingerprint density at radius 3 is 2.00 bits per heavy atom. The van der Waals surface area contributed by atoms with Gasteiger partial charge in [0, 0.05) is 0 Å². The molecular formula is C4Cl2F3NS. The standard InChI is InChI=1S/C4Cl2F3NS/c5-1-2(4(7,8)9)10-11-3(1)6. The van der Waals surface area contributed by atoms with Gasteiger partial charge in [-0.1, -0.05) is 23.2 Å². The molecule has 62 valence electrons. The minimum absolute atomic E-state index is 0.140. The maximum Gasteiger partial charge on any atom is 0.435 e. The Bertz CT molecular complexity index is 269. The molecule has 0 N–H and O–H groups in total. The van der Waals surface area contributed by atoms with Gasteiger partial charge in [0.2, 0.25) is 0 Å². The van der Waals surface area contributed by atoms with Crippen LogP contribution in [0.25, 0.3) is 0 Å². The second kappa shape index (κ2) is 2.80. The van der Waals surface area contributed by atoms with Gasteiger partial charge in [-0.3, -0.25) is 0 Å². The maximum atomic E-state index is 11.9. The van der Waals surface area contributed by atoms with Crippen LogP contribution in [0.3, 0.4) is 0 Å². The van der Waals surface area contributed by atoms with Crippen molar-refractivity contribution in [2.75, 3.05) is 0 Å². The van der Waals surface area contributed by atoms with Crippen LogP contribution >= 0.6 is 34.7 Å². The molecule has 1 rings (SSSR count). The number of alkyl halides is 3. The third-order valence-electron chi connectivity index (χ3n) is 0.866. The predicted molar refractivity (Wildman–Crippen MR) is 37.1 cm³/mol. The SMILES string of the molecule is FC(F)(F)c1nsc(Cl)c1Cl. The number of rotatable bonds is 0. The Kier molecular flexibility index (Phi) is 2.32. The number of hydrogen-bond acceptors (Lipinski definition) is 2. The molecule has 0 fully saturated rings. The summed E-state index contributed by atoms with van der Waals surface area (Å²) in [5, 5.41) is -0.524. The van der Waals surface area contributed by atoms with E-state index in [9.17, 15) is 13.2 Å². The highest BCUT2D eigenvalue weighted by atomic mass is 35.5. The molecule has 1 aromatic rings. The van der Waals surface area contributed by atoms with Crippen LogP contribution in [0, 0.1) is 0 Å². The van der Waals surface area contributed by atoms with Crippen molar-refractivity contribution in [1.29, 1.82) is 0 Å². The Labute approximate surface area is 73.9 Å². The lowest BCUT2D eigenvalue weighted by molar-refractivity contribution is -0.140.